The fourth-order valence-electron chi connectivity index (χ4n) is 6.69. The lowest BCUT2D eigenvalue weighted by Crippen LogP contribution is -2.41. The van der Waals surface area contributed by atoms with Crippen molar-refractivity contribution in [3.05, 3.63) is 46.0 Å². The second-order valence-electron chi connectivity index (χ2n) is 11.8. The van der Waals surface area contributed by atoms with Gasteiger partial charge in [0.15, 0.2) is 5.72 Å². The Balaban J connectivity index is 1.52. The maximum atomic E-state index is 6.71. The van der Waals surface area contributed by atoms with Gasteiger partial charge < -0.3 is 21.9 Å². The van der Waals surface area contributed by atoms with Gasteiger partial charge >= 0.3 is 0 Å². The third-order valence-corrected chi connectivity index (χ3v) is 9.15. The summed E-state index contributed by atoms with van der Waals surface area (Å²) in [6, 6.07) is 5.87. The van der Waals surface area contributed by atoms with Gasteiger partial charge in [-0.25, -0.2) is 0 Å². The third kappa shape index (κ3) is 5.25. The number of ether oxygens (including phenoxy) is 1. The van der Waals surface area contributed by atoms with Crippen LogP contribution in [0.5, 0.6) is 5.75 Å². The Hall–Kier alpha value is -2.40. The van der Waals surface area contributed by atoms with Crippen molar-refractivity contribution in [1.29, 1.82) is 0 Å². The van der Waals surface area contributed by atoms with Crippen molar-refractivity contribution in [2.45, 2.75) is 97.6 Å². The van der Waals surface area contributed by atoms with Gasteiger partial charge in [0.25, 0.3) is 0 Å². The highest BCUT2D eigenvalue weighted by Gasteiger charge is 2.34. The average molecular weight is 479 g/mol. The van der Waals surface area contributed by atoms with E-state index in [2.05, 4.69) is 19.9 Å². The van der Waals surface area contributed by atoms with E-state index in [0.29, 0.717) is 34.3 Å². The minimum atomic E-state index is -1.18. The zero-order chi connectivity index (χ0) is 25.5. The molecule has 2 aromatic carbocycles. The van der Waals surface area contributed by atoms with Crippen molar-refractivity contribution in [3.8, 4) is 5.75 Å². The normalized spacial score (nSPS) is 26.8. The Morgan fingerprint density at radius 3 is 1.91 bits per heavy atom. The number of rotatable bonds is 5. The number of nitrogens with two attached hydrogens (primary N) is 4. The fourth-order valence-corrected chi connectivity index (χ4v) is 6.69. The lowest BCUT2D eigenvalue weighted by atomic mass is 9.68. The Labute approximate surface area is 212 Å². The highest BCUT2D eigenvalue weighted by atomic mass is 16.5. The van der Waals surface area contributed by atoms with Crippen molar-refractivity contribution in [2.75, 3.05) is 17.2 Å². The Bertz CT molecular complexity index is 1040. The molecule has 5 nitrogen and oxygen atoms in total. The van der Waals surface area contributed by atoms with Crippen LogP contribution >= 0.6 is 0 Å². The number of hydrogen-bond donors (Lipinski definition) is 4. The highest BCUT2D eigenvalue weighted by molar-refractivity contribution is 5.70. The molecule has 2 saturated carbocycles. The Morgan fingerprint density at radius 1 is 0.771 bits per heavy atom. The minimum Gasteiger partial charge on any atom is -0.469 e. The van der Waals surface area contributed by atoms with Crippen LogP contribution in [0.1, 0.15) is 98.9 Å². The molecule has 192 valence electrons. The topological polar surface area (TPSA) is 113 Å². The molecule has 0 aromatic heterocycles. The van der Waals surface area contributed by atoms with Crippen molar-refractivity contribution < 1.29 is 4.74 Å². The molecule has 2 aromatic rings. The van der Waals surface area contributed by atoms with Gasteiger partial charge in [0.1, 0.15) is 5.75 Å². The maximum absolute atomic E-state index is 6.71. The van der Waals surface area contributed by atoms with Gasteiger partial charge in [0.05, 0.1) is 5.56 Å². The highest BCUT2D eigenvalue weighted by Crippen LogP contribution is 2.46. The SMILES string of the molecule is Cc1cc(OC(C)(N)c2c(N)cc(C3CCC(C4CCC(C)CC4)CC3)c(C)c2N)cc(N)c1C. The summed E-state index contributed by atoms with van der Waals surface area (Å²) in [6.07, 6.45) is 10.7. The number of benzene rings is 2. The molecule has 2 aliphatic carbocycles. The van der Waals surface area contributed by atoms with Crippen molar-refractivity contribution >= 4 is 17.1 Å². The fraction of sp³-hybridized carbons (Fsp3) is 0.600. The first-order valence-electron chi connectivity index (χ1n) is 13.5. The quantitative estimate of drug-likeness (QED) is 0.283. The largest absolute Gasteiger partial charge is 0.469 e. The van der Waals surface area contributed by atoms with E-state index in [9.17, 15) is 0 Å². The summed E-state index contributed by atoms with van der Waals surface area (Å²) >= 11 is 0. The summed E-state index contributed by atoms with van der Waals surface area (Å²) < 4.78 is 6.23. The second-order valence-corrected chi connectivity index (χ2v) is 11.8. The van der Waals surface area contributed by atoms with Crippen molar-refractivity contribution in [3.63, 3.8) is 0 Å². The molecule has 5 heteroatoms. The first kappa shape index (κ1) is 25.7. The predicted molar refractivity (Wildman–Crippen MR) is 148 cm³/mol. The molecule has 0 aliphatic heterocycles. The van der Waals surface area contributed by atoms with E-state index in [-0.39, 0.29) is 0 Å². The molecule has 0 heterocycles. The second kappa shape index (κ2) is 9.93. The van der Waals surface area contributed by atoms with E-state index in [0.717, 1.165) is 34.4 Å². The molecule has 4 rings (SSSR count). The van der Waals surface area contributed by atoms with Crippen LogP contribution in [0.15, 0.2) is 18.2 Å². The molecule has 0 spiro atoms. The van der Waals surface area contributed by atoms with Crippen molar-refractivity contribution in [1.82, 2.24) is 0 Å². The lowest BCUT2D eigenvalue weighted by Gasteiger charge is -2.38. The molecule has 1 atom stereocenters. The Kier molecular flexibility index (Phi) is 7.28. The van der Waals surface area contributed by atoms with Crippen LogP contribution in [0, 0.1) is 38.5 Å². The first-order valence-corrected chi connectivity index (χ1v) is 13.5. The summed E-state index contributed by atoms with van der Waals surface area (Å²) in [5.74, 6) is 3.86. The molecule has 0 amide bonds. The summed E-state index contributed by atoms with van der Waals surface area (Å²) in [5.41, 5.74) is 32.1. The molecule has 0 bridgehead atoms. The summed E-state index contributed by atoms with van der Waals surface area (Å²) in [4.78, 5) is 0. The van der Waals surface area contributed by atoms with Crippen LogP contribution < -0.4 is 27.7 Å². The zero-order valence-corrected chi connectivity index (χ0v) is 22.4. The number of nitrogen functional groups attached to an aromatic ring is 3. The molecular formula is C30H46N4O. The first-order chi connectivity index (χ1) is 16.5. The standard InChI is InChI=1S/C30H46N4O/c1-17-6-8-21(9-7-17)22-10-12-23(13-11-22)25-16-27(32)28(29(33)20(25)4)30(5,34)35-24-14-18(2)19(3)26(31)15-24/h14-17,21-23H,6-13,31-34H2,1-5H3. The van der Waals surface area contributed by atoms with Crippen LogP contribution in [0.2, 0.25) is 0 Å². The van der Waals surface area contributed by atoms with Gasteiger partial charge in [-0.3, -0.25) is 5.73 Å². The minimum absolute atomic E-state index is 0.511. The van der Waals surface area contributed by atoms with E-state index in [1.807, 2.05) is 32.9 Å². The van der Waals surface area contributed by atoms with Crippen LogP contribution in [0.3, 0.4) is 0 Å². The molecule has 0 radical (unpaired) electrons. The van der Waals surface area contributed by atoms with Crippen LogP contribution in [-0.2, 0) is 5.72 Å². The van der Waals surface area contributed by atoms with E-state index in [1.165, 1.54) is 56.9 Å². The third-order valence-electron chi connectivity index (χ3n) is 9.15. The summed E-state index contributed by atoms with van der Waals surface area (Å²) in [7, 11) is 0. The van der Waals surface area contributed by atoms with E-state index in [1.54, 1.807) is 0 Å². The van der Waals surface area contributed by atoms with Gasteiger partial charge in [-0.2, -0.15) is 0 Å². The lowest BCUT2D eigenvalue weighted by molar-refractivity contribution is 0.0962. The molecular weight excluding hydrogens is 432 g/mol. The van der Waals surface area contributed by atoms with Crippen LogP contribution in [-0.4, -0.2) is 0 Å². The van der Waals surface area contributed by atoms with Gasteiger partial charge in [-0.15, -0.1) is 0 Å². The average Bonchev–Trinajstić information content (AvgIpc) is 2.80. The number of hydrogen-bond acceptors (Lipinski definition) is 5. The van der Waals surface area contributed by atoms with Gasteiger partial charge in [0, 0.05) is 23.1 Å². The smallest absolute Gasteiger partial charge is 0.185 e. The molecule has 8 N–H and O–H groups in total. The number of anilines is 3. The van der Waals surface area contributed by atoms with Crippen LogP contribution in [0.4, 0.5) is 17.1 Å². The molecule has 0 saturated heterocycles. The Morgan fingerprint density at radius 2 is 1.34 bits per heavy atom. The van der Waals surface area contributed by atoms with Crippen LogP contribution in [0.25, 0.3) is 0 Å². The van der Waals surface area contributed by atoms with E-state index >= 15 is 0 Å². The molecule has 1 unspecified atom stereocenters. The van der Waals surface area contributed by atoms with Gasteiger partial charge in [-0.05, 0) is 124 Å². The van der Waals surface area contributed by atoms with Crippen molar-refractivity contribution in [2.24, 2.45) is 23.5 Å². The monoisotopic (exact) mass is 478 g/mol. The van der Waals surface area contributed by atoms with E-state index < -0.39 is 5.72 Å². The van der Waals surface area contributed by atoms with Gasteiger partial charge in [-0.1, -0.05) is 19.8 Å². The predicted octanol–water partition coefficient (Wildman–Crippen LogP) is 6.67. The molecule has 2 aliphatic rings. The summed E-state index contributed by atoms with van der Waals surface area (Å²) in [5, 5.41) is 0. The summed E-state index contributed by atoms with van der Waals surface area (Å²) in [6.45, 7) is 10.3. The molecule has 35 heavy (non-hydrogen) atoms. The molecule has 2 fully saturated rings. The maximum Gasteiger partial charge on any atom is 0.185 e. The van der Waals surface area contributed by atoms with Gasteiger partial charge in [0.2, 0.25) is 0 Å². The van der Waals surface area contributed by atoms with E-state index in [4.69, 9.17) is 27.7 Å². The zero-order valence-electron chi connectivity index (χ0n) is 22.4. The number of aryl methyl sites for hydroxylation is 1.